The molecule has 0 saturated carbocycles. The SMILES string of the molecule is CCC(Oc1ccccc1F)C(=O)N1CCC(C(=O)O)C(C)C1. The summed E-state index contributed by atoms with van der Waals surface area (Å²) in [6, 6.07) is 5.98. The van der Waals surface area contributed by atoms with Gasteiger partial charge in [-0.15, -0.1) is 0 Å². The largest absolute Gasteiger partial charge is 0.481 e. The number of carbonyl (C=O) groups excluding carboxylic acids is 1. The number of amides is 1. The Labute approximate surface area is 135 Å². The van der Waals surface area contributed by atoms with E-state index in [1.54, 1.807) is 24.0 Å². The van der Waals surface area contributed by atoms with Gasteiger partial charge in [-0.05, 0) is 30.9 Å². The van der Waals surface area contributed by atoms with E-state index in [0.29, 0.717) is 25.9 Å². The van der Waals surface area contributed by atoms with Crippen molar-refractivity contribution in [1.29, 1.82) is 0 Å². The number of hydrogen-bond acceptors (Lipinski definition) is 3. The first kappa shape index (κ1) is 17.2. The fraction of sp³-hybridized carbons (Fsp3) is 0.529. The maximum atomic E-state index is 13.7. The zero-order valence-corrected chi connectivity index (χ0v) is 13.4. The van der Waals surface area contributed by atoms with Gasteiger partial charge in [-0.1, -0.05) is 26.0 Å². The number of likely N-dealkylation sites (tertiary alicyclic amines) is 1. The molecule has 1 N–H and O–H groups in total. The number of hydrogen-bond donors (Lipinski definition) is 1. The van der Waals surface area contributed by atoms with Crippen LogP contribution >= 0.6 is 0 Å². The molecule has 1 saturated heterocycles. The third-order valence-electron chi connectivity index (χ3n) is 4.29. The molecule has 3 unspecified atom stereocenters. The van der Waals surface area contributed by atoms with Crippen LogP contribution in [0.3, 0.4) is 0 Å². The van der Waals surface area contributed by atoms with Gasteiger partial charge < -0.3 is 14.7 Å². The van der Waals surface area contributed by atoms with Crippen molar-refractivity contribution in [1.82, 2.24) is 4.90 Å². The Bertz CT molecular complexity index is 577. The third-order valence-corrected chi connectivity index (χ3v) is 4.29. The number of para-hydroxylation sites is 1. The maximum absolute atomic E-state index is 13.7. The van der Waals surface area contributed by atoms with E-state index >= 15 is 0 Å². The van der Waals surface area contributed by atoms with Crippen molar-refractivity contribution in [2.75, 3.05) is 13.1 Å². The van der Waals surface area contributed by atoms with Gasteiger partial charge in [-0.2, -0.15) is 0 Å². The number of rotatable bonds is 5. The summed E-state index contributed by atoms with van der Waals surface area (Å²) in [4.78, 5) is 25.4. The van der Waals surface area contributed by atoms with Crippen LogP contribution in [0.15, 0.2) is 24.3 Å². The van der Waals surface area contributed by atoms with E-state index in [-0.39, 0.29) is 17.6 Å². The predicted octanol–water partition coefficient (Wildman–Crippen LogP) is 2.55. The van der Waals surface area contributed by atoms with Gasteiger partial charge in [-0.25, -0.2) is 4.39 Å². The number of aliphatic carboxylic acids is 1. The van der Waals surface area contributed by atoms with Gasteiger partial charge in [0.05, 0.1) is 5.92 Å². The summed E-state index contributed by atoms with van der Waals surface area (Å²) in [5, 5.41) is 9.14. The van der Waals surface area contributed by atoms with Crippen LogP contribution in [0.5, 0.6) is 5.75 Å². The van der Waals surface area contributed by atoms with Gasteiger partial charge in [-0.3, -0.25) is 9.59 Å². The van der Waals surface area contributed by atoms with Gasteiger partial charge in [0, 0.05) is 13.1 Å². The molecule has 3 atom stereocenters. The molecular weight excluding hydrogens is 301 g/mol. The molecule has 1 aliphatic heterocycles. The molecule has 1 fully saturated rings. The lowest BCUT2D eigenvalue weighted by molar-refractivity contribution is -0.150. The molecule has 1 aliphatic rings. The lowest BCUT2D eigenvalue weighted by atomic mass is 9.87. The van der Waals surface area contributed by atoms with Crippen molar-refractivity contribution < 1.29 is 23.8 Å². The highest BCUT2D eigenvalue weighted by molar-refractivity contribution is 5.81. The molecule has 1 aromatic carbocycles. The summed E-state index contributed by atoms with van der Waals surface area (Å²) in [5.41, 5.74) is 0. The Hall–Kier alpha value is -2.11. The fourth-order valence-electron chi connectivity index (χ4n) is 2.92. The summed E-state index contributed by atoms with van der Waals surface area (Å²) in [5.74, 6) is -2.02. The van der Waals surface area contributed by atoms with E-state index in [0.717, 1.165) is 0 Å². The van der Waals surface area contributed by atoms with Crippen LogP contribution in [-0.4, -0.2) is 41.1 Å². The van der Waals surface area contributed by atoms with Crippen molar-refractivity contribution >= 4 is 11.9 Å². The first-order chi connectivity index (χ1) is 10.9. The standard InChI is InChI=1S/C17H22FNO4/c1-3-14(23-15-7-5-4-6-13(15)18)16(20)19-9-8-12(17(21)22)11(2)10-19/h4-7,11-12,14H,3,8-10H2,1-2H3,(H,21,22). The zero-order valence-electron chi connectivity index (χ0n) is 13.4. The number of ether oxygens (including phenoxy) is 1. The minimum Gasteiger partial charge on any atom is -0.481 e. The molecule has 1 aromatic rings. The molecule has 23 heavy (non-hydrogen) atoms. The quantitative estimate of drug-likeness (QED) is 0.904. The minimum absolute atomic E-state index is 0.0566. The Balaban J connectivity index is 2.03. The van der Waals surface area contributed by atoms with Gasteiger partial charge in [0.1, 0.15) is 0 Å². The van der Waals surface area contributed by atoms with Crippen LogP contribution in [0.2, 0.25) is 0 Å². The highest BCUT2D eigenvalue weighted by Gasteiger charge is 2.35. The van der Waals surface area contributed by atoms with Crippen molar-refractivity contribution in [2.45, 2.75) is 32.8 Å². The molecular formula is C17H22FNO4. The van der Waals surface area contributed by atoms with Crippen LogP contribution < -0.4 is 4.74 Å². The first-order valence-corrected chi connectivity index (χ1v) is 7.86. The number of piperidine rings is 1. The van der Waals surface area contributed by atoms with Crippen LogP contribution in [-0.2, 0) is 9.59 Å². The number of carbonyl (C=O) groups is 2. The second-order valence-electron chi connectivity index (χ2n) is 5.94. The van der Waals surface area contributed by atoms with Crippen molar-refractivity contribution in [3.05, 3.63) is 30.1 Å². The van der Waals surface area contributed by atoms with E-state index in [2.05, 4.69) is 0 Å². The third kappa shape index (κ3) is 4.00. The van der Waals surface area contributed by atoms with E-state index in [1.807, 2.05) is 6.92 Å². The van der Waals surface area contributed by atoms with Crippen molar-refractivity contribution in [2.24, 2.45) is 11.8 Å². The van der Waals surface area contributed by atoms with Gasteiger partial charge >= 0.3 is 5.97 Å². The summed E-state index contributed by atoms with van der Waals surface area (Å²) in [7, 11) is 0. The Morgan fingerprint density at radius 3 is 2.70 bits per heavy atom. The summed E-state index contributed by atoms with van der Waals surface area (Å²) < 4.78 is 19.2. The van der Waals surface area contributed by atoms with Crippen LogP contribution in [0.25, 0.3) is 0 Å². The summed E-state index contributed by atoms with van der Waals surface area (Å²) in [6.07, 6.45) is 0.0826. The Morgan fingerprint density at radius 1 is 1.43 bits per heavy atom. The molecule has 5 nitrogen and oxygen atoms in total. The Morgan fingerprint density at radius 2 is 2.13 bits per heavy atom. The molecule has 2 rings (SSSR count). The number of halogens is 1. The highest BCUT2D eigenvalue weighted by atomic mass is 19.1. The number of benzene rings is 1. The van der Waals surface area contributed by atoms with E-state index in [4.69, 9.17) is 9.84 Å². The van der Waals surface area contributed by atoms with E-state index in [1.165, 1.54) is 12.1 Å². The topological polar surface area (TPSA) is 66.8 Å². The zero-order chi connectivity index (χ0) is 17.0. The molecule has 0 spiro atoms. The Kier molecular flexibility index (Phi) is 5.58. The number of carboxylic acids is 1. The van der Waals surface area contributed by atoms with Gasteiger partial charge in [0.2, 0.25) is 0 Å². The van der Waals surface area contributed by atoms with E-state index in [9.17, 15) is 14.0 Å². The molecule has 126 valence electrons. The molecule has 0 bridgehead atoms. The van der Waals surface area contributed by atoms with Crippen LogP contribution in [0.1, 0.15) is 26.7 Å². The molecule has 0 radical (unpaired) electrons. The molecule has 6 heteroatoms. The smallest absolute Gasteiger partial charge is 0.306 e. The molecule has 1 heterocycles. The van der Waals surface area contributed by atoms with Crippen molar-refractivity contribution in [3.63, 3.8) is 0 Å². The van der Waals surface area contributed by atoms with Gasteiger partial charge in [0.25, 0.3) is 5.91 Å². The summed E-state index contributed by atoms with van der Waals surface area (Å²) >= 11 is 0. The number of carboxylic acid groups (broad SMARTS) is 1. The van der Waals surface area contributed by atoms with Crippen LogP contribution in [0, 0.1) is 17.7 Å². The summed E-state index contributed by atoms with van der Waals surface area (Å²) in [6.45, 7) is 4.40. The average molecular weight is 323 g/mol. The van der Waals surface area contributed by atoms with Crippen LogP contribution in [0.4, 0.5) is 4.39 Å². The lowest BCUT2D eigenvalue weighted by Crippen LogP contribution is -2.49. The lowest BCUT2D eigenvalue weighted by Gasteiger charge is -2.36. The molecule has 1 amide bonds. The normalized spacial score (nSPS) is 22.5. The fourth-order valence-corrected chi connectivity index (χ4v) is 2.92. The second-order valence-corrected chi connectivity index (χ2v) is 5.94. The van der Waals surface area contributed by atoms with Gasteiger partial charge in [0.15, 0.2) is 17.7 Å². The highest BCUT2D eigenvalue weighted by Crippen LogP contribution is 2.25. The van der Waals surface area contributed by atoms with Crippen molar-refractivity contribution in [3.8, 4) is 5.75 Å². The second kappa shape index (κ2) is 7.44. The average Bonchev–Trinajstić information content (AvgIpc) is 2.53. The molecule has 0 aromatic heterocycles. The first-order valence-electron chi connectivity index (χ1n) is 7.86. The number of nitrogens with zero attached hydrogens (tertiary/aromatic N) is 1. The monoisotopic (exact) mass is 323 g/mol. The predicted molar refractivity (Wildman–Crippen MR) is 82.6 cm³/mol. The minimum atomic E-state index is -0.820. The maximum Gasteiger partial charge on any atom is 0.306 e. The molecule has 0 aliphatic carbocycles. The van der Waals surface area contributed by atoms with E-state index < -0.39 is 23.8 Å².